The maximum absolute atomic E-state index is 6.02. The minimum atomic E-state index is 0.663. The molecule has 0 atom stereocenters. The van der Waals surface area contributed by atoms with Crippen molar-refractivity contribution in [2.24, 2.45) is 4.99 Å². The number of aryl methyl sites for hydroxylation is 2. The minimum absolute atomic E-state index is 0.663. The second-order valence-electron chi connectivity index (χ2n) is 5.55. The van der Waals surface area contributed by atoms with Gasteiger partial charge in [-0.1, -0.05) is 11.6 Å². The first-order valence-electron chi connectivity index (χ1n) is 7.97. The van der Waals surface area contributed by atoms with Crippen LogP contribution in [0.1, 0.15) is 25.0 Å². The summed E-state index contributed by atoms with van der Waals surface area (Å²) >= 11 is 9.44. The minimum Gasteiger partial charge on any atom is -0.457 e. The second-order valence-corrected chi connectivity index (χ2v) is 6.81. The van der Waals surface area contributed by atoms with E-state index in [1.54, 1.807) is 0 Å². The van der Waals surface area contributed by atoms with Crippen LogP contribution in [0.2, 0.25) is 5.02 Å². The summed E-state index contributed by atoms with van der Waals surface area (Å²) in [6.07, 6.45) is 1.90. The highest BCUT2D eigenvalue weighted by atomic mass is 79.9. The van der Waals surface area contributed by atoms with Gasteiger partial charge in [-0.05, 0) is 85.1 Å². The van der Waals surface area contributed by atoms with Crippen LogP contribution < -0.4 is 4.74 Å². The fourth-order valence-electron chi connectivity index (χ4n) is 2.22. The van der Waals surface area contributed by atoms with Crippen molar-refractivity contribution in [3.8, 4) is 11.5 Å². The molecule has 0 amide bonds. The van der Waals surface area contributed by atoms with Crippen molar-refractivity contribution in [2.75, 3.05) is 13.1 Å². The van der Waals surface area contributed by atoms with Crippen molar-refractivity contribution in [1.82, 2.24) is 4.90 Å². The molecule has 0 N–H and O–H groups in total. The topological polar surface area (TPSA) is 24.8 Å². The predicted molar refractivity (Wildman–Crippen MR) is 106 cm³/mol. The van der Waals surface area contributed by atoms with Gasteiger partial charge in [0.05, 0.1) is 17.0 Å². The van der Waals surface area contributed by atoms with E-state index in [1.165, 1.54) is 0 Å². The van der Waals surface area contributed by atoms with Crippen LogP contribution in [0.25, 0.3) is 0 Å². The molecule has 0 spiro atoms. The van der Waals surface area contributed by atoms with E-state index in [0.717, 1.165) is 45.9 Å². The molecule has 0 aromatic heterocycles. The van der Waals surface area contributed by atoms with Gasteiger partial charge in [0, 0.05) is 17.6 Å². The summed E-state index contributed by atoms with van der Waals surface area (Å²) in [5.41, 5.74) is 3.08. The summed E-state index contributed by atoms with van der Waals surface area (Å²) in [4.78, 5) is 6.76. The Morgan fingerprint density at radius 2 is 1.83 bits per heavy atom. The lowest BCUT2D eigenvalue weighted by atomic mass is 10.1. The zero-order valence-electron chi connectivity index (χ0n) is 14.4. The Morgan fingerprint density at radius 1 is 1.12 bits per heavy atom. The average Bonchev–Trinajstić information content (AvgIpc) is 2.56. The first-order chi connectivity index (χ1) is 11.4. The molecule has 2 aromatic carbocycles. The van der Waals surface area contributed by atoms with E-state index in [4.69, 9.17) is 16.3 Å². The molecule has 0 bridgehead atoms. The van der Waals surface area contributed by atoms with Crippen molar-refractivity contribution in [1.29, 1.82) is 0 Å². The number of rotatable bonds is 6. The fraction of sp³-hybridized carbons (Fsp3) is 0.316. The van der Waals surface area contributed by atoms with Crippen LogP contribution in [0.4, 0.5) is 5.69 Å². The summed E-state index contributed by atoms with van der Waals surface area (Å²) in [5, 5.41) is 0.663. The standard InChI is InChI=1S/C19H22BrClN2O/c1-5-23(6-2)12-22-18-9-14(4)19(10-13(18)3)24-15-7-8-17(21)16(20)11-15/h7-12H,5-6H2,1-4H3/b22-12+. The van der Waals surface area contributed by atoms with Crippen molar-refractivity contribution < 1.29 is 4.74 Å². The monoisotopic (exact) mass is 408 g/mol. The third-order valence-electron chi connectivity index (χ3n) is 3.78. The van der Waals surface area contributed by atoms with Crippen LogP contribution >= 0.6 is 27.5 Å². The van der Waals surface area contributed by atoms with Crippen molar-refractivity contribution in [3.05, 3.63) is 51.0 Å². The molecule has 0 aliphatic heterocycles. The maximum Gasteiger partial charge on any atom is 0.130 e. The van der Waals surface area contributed by atoms with E-state index in [9.17, 15) is 0 Å². The zero-order chi connectivity index (χ0) is 17.7. The van der Waals surface area contributed by atoms with Gasteiger partial charge in [-0.2, -0.15) is 0 Å². The number of benzene rings is 2. The number of hydrogen-bond acceptors (Lipinski definition) is 2. The molecule has 0 unspecified atom stereocenters. The first-order valence-corrected chi connectivity index (χ1v) is 9.14. The first kappa shape index (κ1) is 18.8. The Balaban J connectivity index is 2.24. The van der Waals surface area contributed by atoms with Gasteiger partial charge in [0.2, 0.25) is 0 Å². The van der Waals surface area contributed by atoms with Crippen LogP contribution in [0.5, 0.6) is 11.5 Å². The Kier molecular flexibility index (Phi) is 6.69. The van der Waals surface area contributed by atoms with Crippen LogP contribution in [-0.4, -0.2) is 24.3 Å². The van der Waals surface area contributed by atoms with E-state index < -0.39 is 0 Å². The molecular formula is C19H22BrClN2O. The lowest BCUT2D eigenvalue weighted by Gasteiger charge is -2.15. The Hall–Kier alpha value is -1.52. The zero-order valence-corrected chi connectivity index (χ0v) is 16.8. The Labute approximate surface area is 157 Å². The smallest absolute Gasteiger partial charge is 0.130 e. The number of hydrogen-bond donors (Lipinski definition) is 0. The van der Waals surface area contributed by atoms with Crippen LogP contribution in [0.15, 0.2) is 39.8 Å². The third-order valence-corrected chi connectivity index (χ3v) is 5.00. The second kappa shape index (κ2) is 8.54. The molecular weight excluding hydrogens is 388 g/mol. The summed E-state index contributed by atoms with van der Waals surface area (Å²) in [6.45, 7) is 10.2. The summed E-state index contributed by atoms with van der Waals surface area (Å²) in [5.74, 6) is 1.57. The molecule has 0 fully saturated rings. The number of aliphatic imine (C=N–C) groups is 1. The molecule has 128 valence electrons. The molecule has 0 aliphatic rings. The lowest BCUT2D eigenvalue weighted by molar-refractivity contribution is 0.477. The molecule has 2 aromatic rings. The molecule has 3 nitrogen and oxygen atoms in total. The van der Waals surface area contributed by atoms with E-state index in [1.807, 2.05) is 44.5 Å². The maximum atomic E-state index is 6.02. The molecule has 5 heteroatoms. The van der Waals surface area contributed by atoms with Gasteiger partial charge in [-0.3, -0.25) is 0 Å². The van der Waals surface area contributed by atoms with Crippen LogP contribution in [0.3, 0.4) is 0 Å². The quantitative estimate of drug-likeness (QED) is 0.401. The summed E-state index contributed by atoms with van der Waals surface area (Å²) < 4.78 is 6.81. The van der Waals surface area contributed by atoms with Crippen molar-refractivity contribution in [3.63, 3.8) is 0 Å². The lowest BCUT2D eigenvalue weighted by Crippen LogP contribution is -2.20. The number of ether oxygens (including phenoxy) is 1. The molecule has 0 saturated carbocycles. The van der Waals surface area contributed by atoms with Gasteiger partial charge in [-0.25, -0.2) is 4.99 Å². The summed E-state index contributed by atoms with van der Waals surface area (Å²) in [6, 6.07) is 9.60. The van der Waals surface area contributed by atoms with Gasteiger partial charge >= 0.3 is 0 Å². The highest BCUT2D eigenvalue weighted by Gasteiger charge is 2.08. The molecule has 0 aliphatic carbocycles. The molecule has 0 heterocycles. The van der Waals surface area contributed by atoms with Gasteiger partial charge < -0.3 is 9.64 Å². The highest BCUT2D eigenvalue weighted by molar-refractivity contribution is 9.10. The Bertz CT molecular complexity index is 742. The van der Waals surface area contributed by atoms with E-state index >= 15 is 0 Å². The Morgan fingerprint density at radius 3 is 2.46 bits per heavy atom. The SMILES string of the molecule is CCN(/C=N/c1cc(C)c(Oc2ccc(Cl)c(Br)c2)cc1C)CC. The van der Waals surface area contributed by atoms with Gasteiger partial charge in [0.15, 0.2) is 0 Å². The number of nitrogens with zero attached hydrogens (tertiary/aromatic N) is 2. The van der Waals surface area contributed by atoms with E-state index in [0.29, 0.717) is 5.02 Å². The van der Waals surface area contributed by atoms with E-state index in [2.05, 4.69) is 45.7 Å². The normalized spacial score (nSPS) is 11.1. The molecule has 2 rings (SSSR count). The average molecular weight is 410 g/mol. The third kappa shape index (κ3) is 4.74. The number of halogens is 2. The van der Waals surface area contributed by atoms with Gasteiger partial charge in [0.25, 0.3) is 0 Å². The largest absolute Gasteiger partial charge is 0.457 e. The van der Waals surface area contributed by atoms with Crippen LogP contribution in [0, 0.1) is 13.8 Å². The van der Waals surface area contributed by atoms with Crippen LogP contribution in [-0.2, 0) is 0 Å². The predicted octanol–water partition coefficient (Wildman–Crippen LogP) is 6.51. The summed E-state index contributed by atoms with van der Waals surface area (Å²) in [7, 11) is 0. The fourth-order valence-corrected chi connectivity index (χ4v) is 2.70. The molecule has 0 radical (unpaired) electrons. The van der Waals surface area contributed by atoms with Crippen molar-refractivity contribution >= 4 is 39.6 Å². The highest BCUT2D eigenvalue weighted by Crippen LogP contribution is 2.34. The van der Waals surface area contributed by atoms with E-state index in [-0.39, 0.29) is 0 Å². The molecule has 24 heavy (non-hydrogen) atoms. The van der Waals surface area contributed by atoms with Crippen molar-refractivity contribution in [2.45, 2.75) is 27.7 Å². The van der Waals surface area contributed by atoms with Gasteiger partial charge in [-0.15, -0.1) is 0 Å². The van der Waals surface area contributed by atoms with Gasteiger partial charge in [0.1, 0.15) is 11.5 Å². The molecule has 0 saturated heterocycles.